The van der Waals surface area contributed by atoms with Crippen LogP contribution in [0.1, 0.15) is 11.3 Å². The molecule has 5 heteroatoms. The van der Waals surface area contributed by atoms with Crippen molar-refractivity contribution in [2.75, 3.05) is 0 Å². The summed E-state index contributed by atoms with van der Waals surface area (Å²) in [6.07, 6.45) is 3.42. The number of nitrogens with zero attached hydrogens (tertiary/aromatic N) is 3. The van der Waals surface area contributed by atoms with Gasteiger partial charge in [0, 0.05) is 35.3 Å². The molecule has 0 bridgehead atoms. The molecule has 0 aliphatic rings. The fourth-order valence-electron chi connectivity index (χ4n) is 2.99. The molecule has 5 nitrogen and oxygen atoms in total. The number of aromatic nitrogens is 4. The number of H-pyrrole nitrogens is 1. The van der Waals surface area contributed by atoms with Crippen LogP contribution in [0.15, 0.2) is 59.7 Å². The molecule has 0 unspecified atom stereocenters. The van der Waals surface area contributed by atoms with E-state index in [1.165, 1.54) is 10.6 Å². The summed E-state index contributed by atoms with van der Waals surface area (Å²) in [5.74, 6) is 0. The molecule has 1 aromatic carbocycles. The number of pyridine rings is 1. The summed E-state index contributed by atoms with van der Waals surface area (Å²) in [5, 5.41) is 3.13. The van der Waals surface area contributed by atoms with Gasteiger partial charge in [0.25, 0.3) is 5.56 Å². The van der Waals surface area contributed by atoms with Crippen LogP contribution in [0.4, 0.5) is 0 Å². The van der Waals surface area contributed by atoms with E-state index in [9.17, 15) is 4.79 Å². The van der Waals surface area contributed by atoms with Gasteiger partial charge < -0.3 is 0 Å². The van der Waals surface area contributed by atoms with E-state index in [-0.39, 0.29) is 5.56 Å². The first-order chi connectivity index (χ1) is 11.6. The molecule has 0 aliphatic carbocycles. The van der Waals surface area contributed by atoms with Crippen molar-refractivity contribution in [1.29, 1.82) is 0 Å². The normalized spacial score (nSPS) is 11.1. The Morgan fingerprint density at radius 3 is 2.67 bits per heavy atom. The summed E-state index contributed by atoms with van der Waals surface area (Å²) in [6, 6.07) is 13.4. The van der Waals surface area contributed by atoms with Crippen molar-refractivity contribution < 1.29 is 0 Å². The van der Waals surface area contributed by atoms with Gasteiger partial charge in [-0.3, -0.25) is 14.9 Å². The van der Waals surface area contributed by atoms with Gasteiger partial charge in [-0.1, -0.05) is 24.3 Å². The van der Waals surface area contributed by atoms with Crippen molar-refractivity contribution in [3.8, 4) is 22.4 Å². The summed E-state index contributed by atoms with van der Waals surface area (Å²) < 4.78 is 1.50. The first-order valence-electron chi connectivity index (χ1n) is 7.74. The Morgan fingerprint density at radius 2 is 1.92 bits per heavy atom. The molecule has 0 saturated heterocycles. The summed E-state index contributed by atoms with van der Waals surface area (Å²) >= 11 is 0. The first kappa shape index (κ1) is 14.4. The lowest BCUT2D eigenvalue weighted by Gasteiger charge is -2.06. The van der Waals surface area contributed by atoms with Gasteiger partial charge in [-0.05, 0) is 37.1 Å². The summed E-state index contributed by atoms with van der Waals surface area (Å²) in [6.45, 7) is 4.01. The van der Waals surface area contributed by atoms with Crippen LogP contribution in [0.5, 0.6) is 0 Å². The van der Waals surface area contributed by atoms with Crippen LogP contribution >= 0.6 is 0 Å². The zero-order valence-corrected chi connectivity index (χ0v) is 13.4. The minimum Gasteiger partial charge on any atom is -0.293 e. The van der Waals surface area contributed by atoms with Crippen molar-refractivity contribution in [3.05, 3.63) is 76.5 Å². The van der Waals surface area contributed by atoms with Crippen LogP contribution < -0.4 is 5.56 Å². The number of fused-ring (bicyclic) bond motifs is 1. The average molecular weight is 316 g/mol. The molecule has 0 fully saturated rings. The van der Waals surface area contributed by atoms with Crippen LogP contribution in [0.2, 0.25) is 0 Å². The van der Waals surface area contributed by atoms with Gasteiger partial charge in [0.1, 0.15) is 0 Å². The molecule has 3 aromatic heterocycles. The highest BCUT2D eigenvalue weighted by Crippen LogP contribution is 2.30. The largest absolute Gasteiger partial charge is 0.293 e. The molecule has 0 radical (unpaired) electrons. The Labute approximate surface area is 138 Å². The molecule has 0 aliphatic heterocycles. The van der Waals surface area contributed by atoms with Crippen molar-refractivity contribution in [3.63, 3.8) is 0 Å². The summed E-state index contributed by atoms with van der Waals surface area (Å²) in [4.78, 5) is 21.4. The number of aryl methyl sites for hydroxylation is 2. The van der Waals surface area contributed by atoms with Crippen molar-refractivity contribution in [2.24, 2.45) is 0 Å². The lowest BCUT2D eigenvalue weighted by atomic mass is 10.0. The second kappa shape index (κ2) is 5.45. The Kier molecular flexibility index (Phi) is 3.27. The van der Waals surface area contributed by atoms with Crippen molar-refractivity contribution in [2.45, 2.75) is 13.8 Å². The Balaban J connectivity index is 2.05. The van der Waals surface area contributed by atoms with Gasteiger partial charge in [0.05, 0.1) is 5.69 Å². The van der Waals surface area contributed by atoms with Gasteiger partial charge >= 0.3 is 0 Å². The van der Waals surface area contributed by atoms with Crippen LogP contribution in [0.25, 0.3) is 28.0 Å². The summed E-state index contributed by atoms with van der Waals surface area (Å²) in [5.41, 5.74) is 6.03. The number of hydrogen-bond acceptors (Lipinski definition) is 3. The van der Waals surface area contributed by atoms with E-state index in [1.807, 2.05) is 31.2 Å². The molecule has 4 rings (SSSR count). The predicted molar refractivity (Wildman–Crippen MR) is 94.0 cm³/mol. The number of rotatable bonds is 2. The summed E-state index contributed by atoms with van der Waals surface area (Å²) in [7, 11) is 0. The molecule has 0 saturated carbocycles. The molecule has 0 spiro atoms. The average Bonchev–Trinajstić information content (AvgIpc) is 2.93. The van der Waals surface area contributed by atoms with Crippen molar-refractivity contribution >= 4 is 5.65 Å². The number of hydrogen-bond donors (Lipinski definition) is 1. The standard InChI is InChI=1S/C19H16N4O/c1-12-6-3-4-8-15(12)18-13(2)22-23-17(24)10-16(21-19(18)23)14-7-5-9-20-11-14/h3-11,22H,1-2H3. The first-order valence-corrected chi connectivity index (χ1v) is 7.74. The highest BCUT2D eigenvalue weighted by atomic mass is 16.1. The predicted octanol–water partition coefficient (Wildman–Crippen LogP) is 3.37. The topological polar surface area (TPSA) is 63.0 Å². The van der Waals surface area contributed by atoms with Crippen LogP contribution in [0, 0.1) is 13.8 Å². The highest BCUT2D eigenvalue weighted by Gasteiger charge is 2.16. The van der Waals surface area contributed by atoms with E-state index < -0.39 is 0 Å². The van der Waals surface area contributed by atoms with E-state index in [1.54, 1.807) is 12.4 Å². The van der Waals surface area contributed by atoms with E-state index >= 15 is 0 Å². The van der Waals surface area contributed by atoms with E-state index in [4.69, 9.17) is 4.98 Å². The maximum atomic E-state index is 12.5. The van der Waals surface area contributed by atoms with Crippen LogP contribution in [-0.4, -0.2) is 19.6 Å². The lowest BCUT2D eigenvalue weighted by molar-refractivity contribution is 0.882. The SMILES string of the molecule is Cc1ccccc1-c1c(C)[nH]n2c(=O)cc(-c3cccnc3)nc12. The maximum Gasteiger partial charge on any atom is 0.273 e. The third kappa shape index (κ3) is 2.22. The molecule has 1 N–H and O–H groups in total. The van der Waals surface area contributed by atoms with E-state index in [2.05, 4.69) is 29.1 Å². The molecule has 118 valence electrons. The van der Waals surface area contributed by atoms with Crippen LogP contribution in [0.3, 0.4) is 0 Å². The monoisotopic (exact) mass is 316 g/mol. The van der Waals surface area contributed by atoms with Gasteiger partial charge in [-0.2, -0.15) is 0 Å². The van der Waals surface area contributed by atoms with E-state index in [0.29, 0.717) is 11.3 Å². The minimum absolute atomic E-state index is 0.137. The number of nitrogens with one attached hydrogen (secondary N) is 1. The molecule has 0 atom stereocenters. The van der Waals surface area contributed by atoms with E-state index in [0.717, 1.165) is 27.9 Å². The third-order valence-corrected chi connectivity index (χ3v) is 4.17. The zero-order chi connectivity index (χ0) is 16.7. The highest BCUT2D eigenvalue weighted by molar-refractivity contribution is 5.82. The van der Waals surface area contributed by atoms with Gasteiger partial charge in [-0.25, -0.2) is 9.50 Å². The molecule has 24 heavy (non-hydrogen) atoms. The second-order valence-electron chi connectivity index (χ2n) is 5.81. The number of benzene rings is 1. The maximum absolute atomic E-state index is 12.5. The molecular weight excluding hydrogens is 300 g/mol. The fraction of sp³-hybridized carbons (Fsp3) is 0.105. The Bertz CT molecular complexity index is 1090. The quantitative estimate of drug-likeness (QED) is 0.617. The molecule has 3 heterocycles. The minimum atomic E-state index is -0.137. The van der Waals surface area contributed by atoms with Gasteiger partial charge in [0.15, 0.2) is 5.65 Å². The third-order valence-electron chi connectivity index (χ3n) is 4.17. The van der Waals surface area contributed by atoms with Gasteiger partial charge in [-0.15, -0.1) is 0 Å². The zero-order valence-electron chi connectivity index (χ0n) is 13.4. The van der Waals surface area contributed by atoms with Gasteiger partial charge in [0.2, 0.25) is 0 Å². The molecule has 4 aromatic rings. The van der Waals surface area contributed by atoms with Crippen LogP contribution in [-0.2, 0) is 0 Å². The Morgan fingerprint density at radius 1 is 1.08 bits per heavy atom. The smallest absolute Gasteiger partial charge is 0.273 e. The second-order valence-corrected chi connectivity index (χ2v) is 5.81. The molecule has 0 amide bonds. The molecular formula is C19H16N4O. The van der Waals surface area contributed by atoms with Crippen molar-refractivity contribution in [1.82, 2.24) is 19.6 Å². The Hall–Kier alpha value is -3.21. The number of aromatic amines is 1. The fourth-order valence-corrected chi connectivity index (χ4v) is 2.99. The lowest BCUT2D eigenvalue weighted by Crippen LogP contribution is -2.14.